The van der Waals surface area contributed by atoms with E-state index >= 15 is 0 Å². The zero-order valence-corrected chi connectivity index (χ0v) is 20.4. The van der Waals surface area contributed by atoms with E-state index in [1.807, 2.05) is 0 Å². The smallest absolute Gasteiger partial charge is 0.221 e. The summed E-state index contributed by atoms with van der Waals surface area (Å²) in [6, 6.07) is 0. The zero-order chi connectivity index (χ0) is 22.1. The van der Waals surface area contributed by atoms with Gasteiger partial charge in [0.25, 0.3) is 0 Å². The first-order chi connectivity index (χ1) is 14.6. The lowest BCUT2D eigenvalue weighted by molar-refractivity contribution is -0.923. The summed E-state index contributed by atoms with van der Waals surface area (Å²) in [7, 11) is 0. The van der Waals surface area contributed by atoms with Gasteiger partial charge in [0.05, 0.1) is 12.7 Å². The maximum Gasteiger partial charge on any atom is 0.221 e. The molecule has 0 spiro atoms. The van der Waals surface area contributed by atoms with E-state index in [1.165, 1.54) is 77.0 Å². The molecular formula is C26H50N3O+. The van der Waals surface area contributed by atoms with Gasteiger partial charge in [-0.15, -0.1) is 0 Å². The Kier molecular flexibility index (Phi) is 14.6. The average Bonchev–Trinajstić information content (AvgIpc) is 3.14. The largest absolute Gasteiger partial charge is 0.338 e. The molecule has 2 N–H and O–H groups in total. The topological polar surface area (TPSA) is 41.1 Å². The highest BCUT2D eigenvalue weighted by molar-refractivity contribution is 5.72. The molecule has 30 heavy (non-hydrogen) atoms. The predicted octanol–water partition coefficient (Wildman–Crippen LogP) is 6.74. The minimum atomic E-state index is 0.0439. The highest BCUT2D eigenvalue weighted by atomic mass is 16.1. The first-order valence-electron chi connectivity index (χ1n) is 12.8. The van der Waals surface area contributed by atoms with Crippen molar-refractivity contribution in [2.24, 2.45) is 0 Å². The van der Waals surface area contributed by atoms with Crippen molar-refractivity contribution in [1.29, 1.82) is 0 Å². The van der Waals surface area contributed by atoms with Crippen LogP contribution in [0.1, 0.15) is 118 Å². The monoisotopic (exact) mass is 420 g/mol. The van der Waals surface area contributed by atoms with Crippen LogP contribution in [0.25, 0.3) is 0 Å². The fourth-order valence-corrected chi connectivity index (χ4v) is 4.69. The van der Waals surface area contributed by atoms with Gasteiger partial charge in [0.15, 0.2) is 12.3 Å². The lowest BCUT2D eigenvalue weighted by Crippen LogP contribution is -2.62. The normalized spacial score (nSPS) is 21.8. The van der Waals surface area contributed by atoms with Crippen LogP contribution in [0.2, 0.25) is 0 Å². The third-order valence-corrected chi connectivity index (χ3v) is 6.64. The summed E-state index contributed by atoms with van der Waals surface area (Å²) >= 11 is 0. The summed E-state index contributed by atoms with van der Waals surface area (Å²) in [5, 5.41) is 6.61. The van der Waals surface area contributed by atoms with Gasteiger partial charge < -0.3 is 10.6 Å². The van der Waals surface area contributed by atoms with E-state index in [0.29, 0.717) is 6.17 Å². The van der Waals surface area contributed by atoms with Crippen molar-refractivity contribution < 1.29 is 9.28 Å². The van der Waals surface area contributed by atoms with Crippen molar-refractivity contribution in [1.82, 2.24) is 10.6 Å². The second-order valence-electron chi connectivity index (χ2n) is 9.06. The Morgan fingerprint density at radius 3 is 2.10 bits per heavy atom. The van der Waals surface area contributed by atoms with Crippen LogP contribution in [-0.2, 0) is 4.79 Å². The number of unbranched alkanes of at least 4 members (excludes halogenated alkanes) is 11. The van der Waals surface area contributed by atoms with Crippen molar-refractivity contribution in [2.45, 2.75) is 130 Å². The average molecular weight is 421 g/mol. The minimum Gasteiger partial charge on any atom is -0.338 e. The number of nitrogens with one attached hydrogen (secondary N) is 2. The Morgan fingerprint density at radius 2 is 1.53 bits per heavy atom. The van der Waals surface area contributed by atoms with Crippen LogP contribution in [0, 0.1) is 0 Å². The predicted molar refractivity (Wildman–Crippen MR) is 130 cm³/mol. The molecule has 3 unspecified atom stereocenters. The number of hydrogen-bond acceptors (Lipinski definition) is 2. The summed E-state index contributed by atoms with van der Waals surface area (Å²) in [4.78, 5) is 11.5. The number of carbonyl (C=O) groups excluding carboxylic acids is 1. The SMILES string of the molecule is CCCCCCCCCCCC/C=C/CCCC1NC=C[N+]1(CC)C(C)NC(C)=O. The molecule has 0 aliphatic carbocycles. The molecule has 0 aromatic rings. The maximum absolute atomic E-state index is 11.5. The highest BCUT2D eigenvalue weighted by Gasteiger charge is 2.41. The molecule has 0 saturated heterocycles. The van der Waals surface area contributed by atoms with E-state index in [0.717, 1.165) is 23.9 Å². The molecule has 0 radical (unpaired) electrons. The summed E-state index contributed by atoms with van der Waals surface area (Å²) in [6.07, 6.45) is 28.2. The third-order valence-electron chi connectivity index (χ3n) is 6.64. The summed E-state index contributed by atoms with van der Waals surface area (Å²) in [5.41, 5.74) is 0. The standard InChI is InChI=1S/C26H49N3O/c1-5-7-8-9-10-11-12-13-14-15-16-17-18-19-20-21-26-27-22-23-29(26,6-2)24(3)28-25(4)30/h17-18,22-24,26-27H,5-16,19-21H2,1-4H3/p+1/b18-17+. The van der Waals surface area contributed by atoms with E-state index in [9.17, 15) is 4.79 Å². The van der Waals surface area contributed by atoms with Crippen molar-refractivity contribution in [3.05, 3.63) is 24.6 Å². The van der Waals surface area contributed by atoms with Crippen molar-refractivity contribution in [3.63, 3.8) is 0 Å². The Balaban J connectivity index is 2.08. The minimum absolute atomic E-state index is 0.0439. The van der Waals surface area contributed by atoms with Gasteiger partial charge in [-0.3, -0.25) is 9.28 Å². The number of hydrogen-bond donors (Lipinski definition) is 2. The van der Waals surface area contributed by atoms with Gasteiger partial charge >= 0.3 is 0 Å². The third kappa shape index (κ3) is 10.1. The van der Waals surface area contributed by atoms with Crippen LogP contribution in [0.5, 0.6) is 0 Å². The van der Waals surface area contributed by atoms with Crippen molar-refractivity contribution in [3.8, 4) is 0 Å². The molecule has 0 fully saturated rings. The van der Waals surface area contributed by atoms with Gasteiger partial charge in [0.1, 0.15) is 6.20 Å². The van der Waals surface area contributed by atoms with Crippen LogP contribution < -0.4 is 10.6 Å². The van der Waals surface area contributed by atoms with E-state index in [4.69, 9.17) is 0 Å². The number of nitrogens with zero attached hydrogens (tertiary/aromatic N) is 1. The molecule has 0 aromatic heterocycles. The number of allylic oxidation sites excluding steroid dienone is 2. The van der Waals surface area contributed by atoms with Gasteiger partial charge in [0, 0.05) is 20.3 Å². The fourth-order valence-electron chi connectivity index (χ4n) is 4.69. The number of amides is 1. The van der Waals surface area contributed by atoms with Crippen LogP contribution in [0.3, 0.4) is 0 Å². The summed E-state index contributed by atoms with van der Waals surface area (Å²) < 4.78 is 0.794. The molecule has 4 nitrogen and oxygen atoms in total. The van der Waals surface area contributed by atoms with E-state index < -0.39 is 0 Å². The maximum atomic E-state index is 11.5. The second-order valence-corrected chi connectivity index (χ2v) is 9.06. The van der Waals surface area contributed by atoms with Gasteiger partial charge in [-0.2, -0.15) is 0 Å². The highest BCUT2D eigenvalue weighted by Crippen LogP contribution is 2.25. The lowest BCUT2D eigenvalue weighted by atomic mass is 10.1. The van der Waals surface area contributed by atoms with Gasteiger partial charge in [-0.25, -0.2) is 0 Å². The molecule has 1 amide bonds. The number of rotatable bonds is 18. The molecular weight excluding hydrogens is 370 g/mol. The van der Waals surface area contributed by atoms with E-state index in [-0.39, 0.29) is 12.1 Å². The summed E-state index contributed by atoms with van der Waals surface area (Å²) in [6.45, 7) is 9.18. The van der Waals surface area contributed by atoms with Crippen molar-refractivity contribution >= 4 is 5.91 Å². The van der Waals surface area contributed by atoms with E-state index in [1.54, 1.807) is 6.92 Å². The zero-order valence-electron chi connectivity index (χ0n) is 20.4. The first-order valence-corrected chi connectivity index (χ1v) is 12.8. The van der Waals surface area contributed by atoms with Crippen LogP contribution in [0.15, 0.2) is 24.6 Å². The molecule has 0 saturated carbocycles. The van der Waals surface area contributed by atoms with Crippen LogP contribution in [-0.4, -0.2) is 29.3 Å². The Hall–Kier alpha value is -1.29. The lowest BCUT2D eigenvalue weighted by Gasteiger charge is -2.41. The van der Waals surface area contributed by atoms with Gasteiger partial charge in [0.2, 0.25) is 5.91 Å². The number of quaternary nitrogens is 1. The summed E-state index contributed by atoms with van der Waals surface area (Å²) in [5.74, 6) is 0.0439. The Labute approximate surface area is 187 Å². The molecule has 1 heterocycles. The second kappa shape index (κ2) is 16.4. The molecule has 0 bridgehead atoms. The quantitative estimate of drug-likeness (QED) is 0.146. The molecule has 1 aliphatic rings. The fraction of sp³-hybridized carbons (Fsp3) is 0.808. The van der Waals surface area contributed by atoms with E-state index in [2.05, 4.69) is 56.0 Å². The van der Waals surface area contributed by atoms with Crippen LogP contribution >= 0.6 is 0 Å². The van der Waals surface area contributed by atoms with Gasteiger partial charge in [-0.05, 0) is 32.6 Å². The Morgan fingerprint density at radius 1 is 0.967 bits per heavy atom. The van der Waals surface area contributed by atoms with Crippen LogP contribution in [0.4, 0.5) is 0 Å². The van der Waals surface area contributed by atoms with Gasteiger partial charge in [-0.1, -0.05) is 76.9 Å². The molecule has 1 aliphatic heterocycles. The molecule has 4 heteroatoms. The molecule has 0 aromatic carbocycles. The molecule has 3 atom stereocenters. The number of carbonyl (C=O) groups is 1. The first kappa shape index (κ1) is 26.7. The molecule has 174 valence electrons. The molecule has 1 rings (SSSR count). The van der Waals surface area contributed by atoms with Crippen molar-refractivity contribution in [2.75, 3.05) is 6.54 Å². The Bertz CT molecular complexity index is 503.